The van der Waals surface area contributed by atoms with E-state index in [-0.39, 0.29) is 25.5 Å². The Hall–Kier alpha value is -3.59. The zero-order chi connectivity index (χ0) is 24.3. The summed E-state index contributed by atoms with van der Waals surface area (Å²) >= 11 is 0. The molecule has 3 aromatic carbocycles. The van der Waals surface area contributed by atoms with Crippen LogP contribution in [0.2, 0.25) is 0 Å². The smallest absolute Gasteiger partial charge is 0.120 e. The van der Waals surface area contributed by atoms with Gasteiger partial charge in [-0.3, -0.25) is 0 Å². The van der Waals surface area contributed by atoms with Crippen LogP contribution in [0.4, 0.5) is 0 Å². The molecule has 0 saturated carbocycles. The van der Waals surface area contributed by atoms with Gasteiger partial charge < -0.3 is 14.4 Å². The minimum absolute atomic E-state index is 0. The Morgan fingerprint density at radius 3 is 2.06 bits per heavy atom. The van der Waals surface area contributed by atoms with E-state index in [9.17, 15) is 0 Å². The number of furan rings is 1. The number of nitrogens with zero attached hydrogens (tertiary/aromatic N) is 2. The summed E-state index contributed by atoms with van der Waals surface area (Å²) in [6.45, 7) is 6.68. The maximum Gasteiger partial charge on any atom is 0.120 e. The molecule has 0 aliphatic heterocycles. The van der Waals surface area contributed by atoms with E-state index in [0.29, 0.717) is 0 Å². The van der Waals surface area contributed by atoms with E-state index in [2.05, 4.69) is 67.1 Å². The molecule has 1 radical (unpaired) electrons. The Labute approximate surface area is 225 Å². The second-order valence-corrected chi connectivity index (χ2v) is 9.36. The molecule has 0 saturated heterocycles. The number of fused-ring (bicyclic) bond motifs is 3. The molecule has 0 aliphatic rings. The molecule has 0 amide bonds. The quantitative estimate of drug-likeness (QED) is 0.178. The van der Waals surface area contributed by atoms with Crippen molar-refractivity contribution in [1.82, 2.24) is 9.97 Å². The minimum atomic E-state index is 0. The van der Waals surface area contributed by atoms with Crippen molar-refractivity contribution >= 4 is 21.9 Å². The van der Waals surface area contributed by atoms with Crippen LogP contribution in [-0.4, -0.2) is 9.97 Å². The summed E-state index contributed by atoms with van der Waals surface area (Å²) in [5.74, 6) is 0. The molecule has 181 valence electrons. The van der Waals surface area contributed by atoms with Gasteiger partial charge in [0.25, 0.3) is 0 Å². The van der Waals surface area contributed by atoms with Gasteiger partial charge in [-0.1, -0.05) is 62.1 Å². The van der Waals surface area contributed by atoms with Crippen molar-refractivity contribution < 1.29 is 24.5 Å². The Bertz CT molecular complexity index is 1520. The van der Waals surface area contributed by atoms with Crippen molar-refractivity contribution in [3.8, 4) is 22.5 Å². The predicted molar refractivity (Wildman–Crippen MR) is 143 cm³/mol. The molecule has 3 aromatic heterocycles. The van der Waals surface area contributed by atoms with Crippen LogP contribution in [0.1, 0.15) is 26.3 Å². The number of pyridine rings is 2. The molecule has 4 heteroatoms. The molecule has 0 unspecified atom stereocenters. The molecular formula is C32H26IrN2O-2. The van der Waals surface area contributed by atoms with Crippen LogP contribution in [0.15, 0.2) is 108 Å². The maximum absolute atomic E-state index is 6.13. The monoisotopic (exact) mass is 647 g/mol. The van der Waals surface area contributed by atoms with Gasteiger partial charge in [0.1, 0.15) is 5.58 Å². The van der Waals surface area contributed by atoms with Crippen molar-refractivity contribution in [2.75, 3.05) is 0 Å². The zero-order valence-electron chi connectivity index (χ0n) is 20.5. The summed E-state index contributed by atoms with van der Waals surface area (Å²) in [5.41, 5.74) is 6.99. The second-order valence-electron chi connectivity index (χ2n) is 9.36. The third-order valence-corrected chi connectivity index (χ3v) is 5.87. The standard InChI is InChI=1S/C21H18NO.C11H8N.Ir/c1-21(2,3)14-10-11-19-17(13-14)15-7-6-8-16(20(15)23-19)18-9-4-5-12-22-18;1-2-6-10(7-3-1)11-8-4-5-9-12-11;/h4-7,9-13H,1-3H3;1-6,8-9H;/q2*-1;. The van der Waals surface area contributed by atoms with Crippen LogP contribution >= 0.6 is 0 Å². The van der Waals surface area contributed by atoms with Gasteiger partial charge >= 0.3 is 0 Å². The Morgan fingerprint density at radius 2 is 1.42 bits per heavy atom. The second kappa shape index (κ2) is 11.0. The average Bonchev–Trinajstić information content (AvgIpc) is 3.28. The van der Waals surface area contributed by atoms with Gasteiger partial charge in [-0.25, -0.2) is 0 Å². The van der Waals surface area contributed by atoms with Gasteiger partial charge in [0.05, 0.1) is 5.58 Å². The number of aromatic nitrogens is 2. The van der Waals surface area contributed by atoms with Crippen LogP contribution in [-0.2, 0) is 25.5 Å². The van der Waals surface area contributed by atoms with Crippen molar-refractivity contribution in [3.05, 3.63) is 121 Å². The Morgan fingerprint density at radius 1 is 0.694 bits per heavy atom. The van der Waals surface area contributed by atoms with E-state index in [1.165, 1.54) is 5.56 Å². The molecule has 0 atom stereocenters. The van der Waals surface area contributed by atoms with Gasteiger partial charge in [0.2, 0.25) is 0 Å². The third kappa shape index (κ3) is 5.46. The van der Waals surface area contributed by atoms with Crippen LogP contribution in [0.5, 0.6) is 0 Å². The number of hydrogen-bond acceptors (Lipinski definition) is 3. The van der Waals surface area contributed by atoms with E-state index < -0.39 is 0 Å². The van der Waals surface area contributed by atoms with Gasteiger partial charge in [0.15, 0.2) is 0 Å². The van der Waals surface area contributed by atoms with E-state index in [0.717, 1.165) is 44.5 Å². The van der Waals surface area contributed by atoms with E-state index in [4.69, 9.17) is 4.42 Å². The fourth-order valence-electron chi connectivity index (χ4n) is 3.98. The molecular weight excluding hydrogens is 621 g/mol. The predicted octanol–water partition coefficient (Wildman–Crippen LogP) is 8.29. The van der Waals surface area contributed by atoms with E-state index >= 15 is 0 Å². The first-order valence-electron chi connectivity index (χ1n) is 11.7. The first kappa shape index (κ1) is 25.5. The molecule has 6 aromatic rings. The fraction of sp³-hybridized carbons (Fsp3) is 0.125. The molecule has 0 N–H and O–H groups in total. The molecule has 3 heterocycles. The molecule has 0 fully saturated rings. The summed E-state index contributed by atoms with van der Waals surface area (Å²) in [4.78, 5) is 8.65. The van der Waals surface area contributed by atoms with Crippen LogP contribution < -0.4 is 0 Å². The average molecular weight is 647 g/mol. The third-order valence-electron chi connectivity index (χ3n) is 5.87. The van der Waals surface area contributed by atoms with E-state index in [1.54, 1.807) is 12.4 Å². The molecule has 0 bridgehead atoms. The van der Waals surface area contributed by atoms with Crippen LogP contribution in [0.25, 0.3) is 44.5 Å². The topological polar surface area (TPSA) is 38.9 Å². The molecule has 6 rings (SSSR count). The minimum Gasteiger partial charge on any atom is -0.501 e. The van der Waals surface area contributed by atoms with Crippen LogP contribution in [0.3, 0.4) is 0 Å². The van der Waals surface area contributed by atoms with E-state index in [1.807, 2.05) is 66.7 Å². The number of rotatable bonds is 2. The largest absolute Gasteiger partial charge is 0.501 e. The maximum atomic E-state index is 6.13. The summed E-state index contributed by atoms with van der Waals surface area (Å²) in [6, 6.07) is 36.4. The van der Waals surface area contributed by atoms with Crippen molar-refractivity contribution in [2.24, 2.45) is 0 Å². The van der Waals surface area contributed by atoms with Crippen molar-refractivity contribution in [1.29, 1.82) is 0 Å². The zero-order valence-corrected chi connectivity index (χ0v) is 22.8. The van der Waals surface area contributed by atoms with Gasteiger partial charge in [-0.2, -0.15) is 0 Å². The Kier molecular flexibility index (Phi) is 7.78. The summed E-state index contributed by atoms with van der Waals surface area (Å²) < 4.78 is 6.13. The summed E-state index contributed by atoms with van der Waals surface area (Å²) in [6.07, 6.45) is 3.58. The normalized spacial score (nSPS) is 11.0. The fourth-order valence-corrected chi connectivity index (χ4v) is 3.98. The SMILES string of the molecule is CC(C)(C)c1ccc2oc3c(-c4ccccn4)[c-]ccc3c2c1.[Ir].[c-]1ccccc1-c1ccccn1. The summed E-state index contributed by atoms with van der Waals surface area (Å²) in [7, 11) is 0. The first-order chi connectivity index (χ1) is 17.0. The van der Waals surface area contributed by atoms with Gasteiger partial charge in [0, 0.05) is 37.9 Å². The van der Waals surface area contributed by atoms with Gasteiger partial charge in [-0.05, 0) is 46.6 Å². The number of hydrogen-bond donors (Lipinski definition) is 0. The molecule has 36 heavy (non-hydrogen) atoms. The van der Waals surface area contributed by atoms with Crippen molar-refractivity contribution in [3.63, 3.8) is 0 Å². The molecule has 3 nitrogen and oxygen atoms in total. The molecule has 0 aliphatic carbocycles. The molecule has 0 spiro atoms. The van der Waals surface area contributed by atoms with Gasteiger partial charge in [-0.15, -0.1) is 54.1 Å². The first-order valence-corrected chi connectivity index (χ1v) is 11.7. The van der Waals surface area contributed by atoms with Crippen molar-refractivity contribution in [2.45, 2.75) is 26.2 Å². The van der Waals surface area contributed by atoms with Crippen LogP contribution in [0, 0.1) is 12.1 Å². The Balaban J connectivity index is 0.000000198. The number of benzene rings is 3. The summed E-state index contributed by atoms with van der Waals surface area (Å²) in [5, 5.41) is 2.27.